The van der Waals surface area contributed by atoms with Crippen molar-refractivity contribution in [3.05, 3.63) is 104 Å². The Bertz CT molecular complexity index is 1540. The van der Waals surface area contributed by atoms with Gasteiger partial charge in [0.05, 0.1) is 24.6 Å². The predicted molar refractivity (Wildman–Crippen MR) is 140 cm³/mol. The van der Waals surface area contributed by atoms with Crippen molar-refractivity contribution < 1.29 is 9.53 Å². The SMILES string of the molecule is COc1ccc(Cn2c(=O)[nH]c3cc(C(=O)N4CCN(c5cccc(Cl)c5)CC4)ccc3c2=O)cc1. The highest BCUT2D eigenvalue weighted by molar-refractivity contribution is 6.30. The van der Waals surface area contributed by atoms with Crippen LogP contribution in [0.2, 0.25) is 5.02 Å². The zero-order valence-corrected chi connectivity index (χ0v) is 20.5. The molecule has 1 aliphatic heterocycles. The van der Waals surface area contributed by atoms with Crippen molar-refractivity contribution in [1.82, 2.24) is 14.5 Å². The van der Waals surface area contributed by atoms with E-state index in [4.69, 9.17) is 16.3 Å². The fourth-order valence-electron chi connectivity index (χ4n) is 4.47. The molecule has 0 unspecified atom stereocenters. The van der Waals surface area contributed by atoms with Gasteiger partial charge in [-0.05, 0) is 54.1 Å². The average molecular weight is 505 g/mol. The molecule has 0 bridgehead atoms. The van der Waals surface area contributed by atoms with Gasteiger partial charge in [-0.2, -0.15) is 0 Å². The number of anilines is 1. The number of nitrogens with one attached hydrogen (secondary N) is 1. The number of halogens is 1. The Hall–Kier alpha value is -4.04. The number of piperazine rings is 1. The molecule has 0 radical (unpaired) electrons. The zero-order valence-electron chi connectivity index (χ0n) is 19.7. The second-order valence-electron chi connectivity index (χ2n) is 8.69. The van der Waals surface area contributed by atoms with Gasteiger partial charge in [0.1, 0.15) is 5.75 Å². The van der Waals surface area contributed by atoms with E-state index in [1.54, 1.807) is 42.3 Å². The normalized spacial score (nSPS) is 13.7. The molecule has 184 valence electrons. The Kier molecular flexibility index (Phi) is 6.52. The van der Waals surface area contributed by atoms with Crippen LogP contribution in [0.25, 0.3) is 10.9 Å². The number of hydrogen-bond donors (Lipinski definition) is 1. The van der Waals surface area contributed by atoms with Crippen molar-refractivity contribution in [1.29, 1.82) is 0 Å². The number of H-pyrrole nitrogens is 1. The minimum absolute atomic E-state index is 0.131. The van der Waals surface area contributed by atoms with Crippen molar-refractivity contribution in [2.45, 2.75) is 6.54 Å². The smallest absolute Gasteiger partial charge is 0.329 e. The van der Waals surface area contributed by atoms with Gasteiger partial charge in [-0.3, -0.25) is 14.2 Å². The maximum Gasteiger partial charge on any atom is 0.329 e. The number of methoxy groups -OCH3 is 1. The molecule has 0 aliphatic carbocycles. The predicted octanol–water partition coefficient (Wildman–Crippen LogP) is 3.36. The molecule has 1 fully saturated rings. The largest absolute Gasteiger partial charge is 0.497 e. The maximum atomic E-state index is 13.2. The Morgan fingerprint density at radius 2 is 1.72 bits per heavy atom. The molecule has 8 nitrogen and oxygen atoms in total. The van der Waals surface area contributed by atoms with Gasteiger partial charge in [0.2, 0.25) is 0 Å². The first-order chi connectivity index (χ1) is 17.4. The number of nitrogens with zero attached hydrogens (tertiary/aromatic N) is 3. The lowest BCUT2D eigenvalue weighted by atomic mass is 10.1. The van der Waals surface area contributed by atoms with Crippen molar-refractivity contribution in [3.63, 3.8) is 0 Å². The first-order valence-corrected chi connectivity index (χ1v) is 12.0. The van der Waals surface area contributed by atoms with Crippen LogP contribution in [0.5, 0.6) is 5.75 Å². The molecular weight excluding hydrogens is 480 g/mol. The quantitative estimate of drug-likeness (QED) is 0.450. The van der Waals surface area contributed by atoms with Gasteiger partial charge in [-0.1, -0.05) is 29.8 Å². The van der Waals surface area contributed by atoms with Crippen molar-refractivity contribution in [2.75, 3.05) is 38.2 Å². The Labute approximate surface area is 212 Å². The monoisotopic (exact) mass is 504 g/mol. The minimum Gasteiger partial charge on any atom is -0.497 e. The van der Waals surface area contributed by atoms with E-state index in [1.165, 1.54) is 0 Å². The van der Waals surface area contributed by atoms with E-state index < -0.39 is 11.2 Å². The van der Waals surface area contributed by atoms with E-state index in [-0.39, 0.29) is 12.5 Å². The molecule has 2 heterocycles. The standard InChI is InChI=1S/C27H25ClN4O4/c1-36-22-8-5-18(6-9-22)17-32-26(34)23-10-7-19(15-24(23)29-27(32)35)25(33)31-13-11-30(12-14-31)21-4-2-3-20(28)16-21/h2-10,15-16H,11-14,17H2,1H3,(H,29,35). The van der Waals surface area contributed by atoms with Gasteiger partial charge in [-0.15, -0.1) is 0 Å². The van der Waals surface area contributed by atoms with E-state index in [0.29, 0.717) is 53.4 Å². The van der Waals surface area contributed by atoms with E-state index in [1.807, 2.05) is 36.4 Å². The average Bonchev–Trinajstić information content (AvgIpc) is 2.91. The molecule has 4 aromatic rings. The highest BCUT2D eigenvalue weighted by Gasteiger charge is 2.23. The third-order valence-corrected chi connectivity index (χ3v) is 6.70. The molecule has 1 amide bonds. The van der Waals surface area contributed by atoms with E-state index in [9.17, 15) is 14.4 Å². The number of rotatable bonds is 5. The summed E-state index contributed by atoms with van der Waals surface area (Å²) in [7, 11) is 1.58. The van der Waals surface area contributed by atoms with Crippen LogP contribution >= 0.6 is 11.6 Å². The summed E-state index contributed by atoms with van der Waals surface area (Å²) in [6, 6.07) is 19.7. The Balaban J connectivity index is 1.34. The number of aromatic nitrogens is 2. The second kappa shape index (κ2) is 9.91. The number of ether oxygens (including phenoxy) is 1. The van der Waals surface area contributed by atoms with E-state index in [0.717, 1.165) is 15.8 Å². The maximum absolute atomic E-state index is 13.2. The summed E-state index contributed by atoms with van der Waals surface area (Å²) >= 11 is 6.11. The van der Waals surface area contributed by atoms with Crippen LogP contribution in [-0.2, 0) is 6.54 Å². The van der Waals surface area contributed by atoms with Gasteiger partial charge in [0.25, 0.3) is 11.5 Å². The molecular formula is C27H25ClN4O4. The van der Waals surface area contributed by atoms with Crippen molar-refractivity contribution >= 4 is 34.1 Å². The number of aromatic amines is 1. The van der Waals surface area contributed by atoms with E-state index >= 15 is 0 Å². The topological polar surface area (TPSA) is 87.6 Å². The summed E-state index contributed by atoms with van der Waals surface area (Å²) in [4.78, 5) is 45.7. The molecule has 1 saturated heterocycles. The lowest BCUT2D eigenvalue weighted by Gasteiger charge is -2.36. The molecule has 36 heavy (non-hydrogen) atoms. The van der Waals surface area contributed by atoms with Crippen LogP contribution in [0.15, 0.2) is 76.3 Å². The van der Waals surface area contributed by atoms with Gasteiger partial charge in [0.15, 0.2) is 0 Å². The fraction of sp³-hybridized carbons (Fsp3) is 0.222. The summed E-state index contributed by atoms with van der Waals surface area (Å²) < 4.78 is 6.31. The number of carbonyl (C=O) groups excluding carboxylic acids is 1. The summed E-state index contributed by atoms with van der Waals surface area (Å²) in [5, 5.41) is 1.03. The van der Waals surface area contributed by atoms with Crippen LogP contribution in [0.3, 0.4) is 0 Å². The Morgan fingerprint density at radius 3 is 2.42 bits per heavy atom. The molecule has 1 aliphatic rings. The molecule has 3 aromatic carbocycles. The number of carbonyl (C=O) groups is 1. The molecule has 0 spiro atoms. The van der Waals surface area contributed by atoms with Gasteiger partial charge < -0.3 is 19.5 Å². The first-order valence-electron chi connectivity index (χ1n) is 11.6. The number of fused-ring (bicyclic) bond motifs is 1. The first kappa shape index (κ1) is 23.7. The zero-order chi connectivity index (χ0) is 25.2. The third kappa shape index (κ3) is 4.72. The summed E-state index contributed by atoms with van der Waals surface area (Å²) in [6.45, 7) is 2.62. The molecule has 5 rings (SSSR count). The number of benzene rings is 3. The van der Waals surface area contributed by atoms with Crippen molar-refractivity contribution in [3.8, 4) is 5.75 Å². The number of hydrogen-bond acceptors (Lipinski definition) is 5. The highest BCUT2D eigenvalue weighted by Crippen LogP contribution is 2.22. The summed E-state index contributed by atoms with van der Waals surface area (Å²) in [5.41, 5.74) is 1.68. The van der Waals surface area contributed by atoms with Crippen molar-refractivity contribution in [2.24, 2.45) is 0 Å². The lowest BCUT2D eigenvalue weighted by Crippen LogP contribution is -2.48. The van der Waals surface area contributed by atoms with Crippen LogP contribution in [0.4, 0.5) is 5.69 Å². The Morgan fingerprint density at radius 1 is 0.972 bits per heavy atom. The molecule has 9 heteroatoms. The highest BCUT2D eigenvalue weighted by atomic mass is 35.5. The van der Waals surface area contributed by atoms with Gasteiger partial charge in [-0.25, -0.2) is 4.79 Å². The molecule has 0 atom stereocenters. The summed E-state index contributed by atoms with van der Waals surface area (Å²) in [6.07, 6.45) is 0. The van der Waals surface area contributed by atoms with Crippen LogP contribution < -0.4 is 20.9 Å². The van der Waals surface area contributed by atoms with Gasteiger partial charge >= 0.3 is 5.69 Å². The van der Waals surface area contributed by atoms with Crippen LogP contribution in [-0.4, -0.2) is 53.6 Å². The minimum atomic E-state index is -0.525. The van der Waals surface area contributed by atoms with E-state index in [2.05, 4.69) is 9.88 Å². The molecule has 0 saturated carbocycles. The lowest BCUT2D eigenvalue weighted by molar-refractivity contribution is 0.0747. The fourth-order valence-corrected chi connectivity index (χ4v) is 4.65. The summed E-state index contributed by atoms with van der Waals surface area (Å²) in [5.74, 6) is 0.562. The molecule has 1 N–H and O–H groups in total. The second-order valence-corrected chi connectivity index (χ2v) is 9.13. The van der Waals surface area contributed by atoms with Crippen LogP contribution in [0, 0.1) is 0 Å². The van der Waals surface area contributed by atoms with Gasteiger partial charge in [0, 0.05) is 42.5 Å². The molecule has 1 aromatic heterocycles. The third-order valence-electron chi connectivity index (χ3n) is 6.47. The van der Waals surface area contributed by atoms with Crippen LogP contribution in [0.1, 0.15) is 15.9 Å². The number of amides is 1.